The molecule has 1 fully saturated rings. The molecule has 19 heavy (non-hydrogen) atoms. The van der Waals surface area contributed by atoms with Crippen molar-refractivity contribution in [2.24, 2.45) is 5.73 Å². The standard InChI is InChI=1S/C14H22N4O/c1-17(2)9-11-4-3-7-18(11)13-6-5-10(14(16)19)8-12(13)15/h5-6,8,11H,3-4,7,9,15H2,1-2H3,(H2,16,19). The first-order chi connectivity index (χ1) is 8.99. The van der Waals surface area contributed by atoms with Gasteiger partial charge in [0.1, 0.15) is 0 Å². The molecule has 0 aromatic heterocycles. The maximum atomic E-state index is 11.1. The zero-order chi connectivity index (χ0) is 14.0. The van der Waals surface area contributed by atoms with Gasteiger partial charge < -0.3 is 21.3 Å². The number of anilines is 2. The van der Waals surface area contributed by atoms with Gasteiger partial charge in [-0.15, -0.1) is 0 Å². The third-order valence-electron chi connectivity index (χ3n) is 3.57. The monoisotopic (exact) mass is 262 g/mol. The molecule has 1 atom stereocenters. The summed E-state index contributed by atoms with van der Waals surface area (Å²) in [6.45, 7) is 2.02. The van der Waals surface area contributed by atoms with E-state index in [1.165, 1.54) is 12.8 Å². The van der Waals surface area contributed by atoms with E-state index in [9.17, 15) is 4.79 Å². The summed E-state index contributed by atoms with van der Waals surface area (Å²) < 4.78 is 0. The fraction of sp³-hybridized carbons (Fsp3) is 0.500. The van der Waals surface area contributed by atoms with Crippen LogP contribution < -0.4 is 16.4 Å². The molecule has 1 aromatic carbocycles. The van der Waals surface area contributed by atoms with Crippen molar-refractivity contribution in [3.05, 3.63) is 23.8 Å². The van der Waals surface area contributed by atoms with Crippen LogP contribution in [0.3, 0.4) is 0 Å². The average Bonchev–Trinajstić information content (AvgIpc) is 2.75. The van der Waals surface area contributed by atoms with Gasteiger partial charge in [0.15, 0.2) is 0 Å². The molecule has 1 heterocycles. The Morgan fingerprint density at radius 3 is 2.79 bits per heavy atom. The molecular weight excluding hydrogens is 240 g/mol. The van der Waals surface area contributed by atoms with Gasteiger partial charge in [0.2, 0.25) is 5.91 Å². The Morgan fingerprint density at radius 2 is 2.21 bits per heavy atom. The van der Waals surface area contributed by atoms with Gasteiger partial charge in [-0.05, 0) is 45.1 Å². The number of nitrogens with two attached hydrogens (primary N) is 2. The zero-order valence-electron chi connectivity index (χ0n) is 11.6. The van der Waals surface area contributed by atoms with Crippen molar-refractivity contribution in [1.29, 1.82) is 0 Å². The first kappa shape index (κ1) is 13.7. The van der Waals surface area contributed by atoms with Crippen LogP contribution in [0.1, 0.15) is 23.2 Å². The van der Waals surface area contributed by atoms with E-state index < -0.39 is 5.91 Å². The molecule has 0 aliphatic carbocycles. The van der Waals surface area contributed by atoms with Crippen LogP contribution in [0.2, 0.25) is 0 Å². The van der Waals surface area contributed by atoms with Crippen LogP contribution >= 0.6 is 0 Å². The smallest absolute Gasteiger partial charge is 0.248 e. The Morgan fingerprint density at radius 1 is 1.47 bits per heavy atom. The van der Waals surface area contributed by atoms with E-state index in [0.717, 1.165) is 18.8 Å². The molecule has 1 saturated heterocycles. The van der Waals surface area contributed by atoms with Crippen molar-refractivity contribution < 1.29 is 4.79 Å². The topological polar surface area (TPSA) is 75.6 Å². The van der Waals surface area contributed by atoms with Gasteiger partial charge in [-0.2, -0.15) is 0 Å². The predicted octanol–water partition coefficient (Wildman–Crippen LogP) is 0.898. The summed E-state index contributed by atoms with van der Waals surface area (Å²) in [5.74, 6) is -0.440. The van der Waals surface area contributed by atoms with E-state index in [-0.39, 0.29) is 0 Å². The first-order valence-electron chi connectivity index (χ1n) is 6.59. The number of nitrogen functional groups attached to an aromatic ring is 1. The van der Waals surface area contributed by atoms with Gasteiger partial charge in [-0.25, -0.2) is 0 Å². The van der Waals surface area contributed by atoms with Crippen molar-refractivity contribution in [2.75, 3.05) is 37.8 Å². The Balaban J connectivity index is 2.23. The lowest BCUT2D eigenvalue weighted by molar-refractivity contribution is 0.100. The van der Waals surface area contributed by atoms with Crippen LogP contribution in [0.5, 0.6) is 0 Å². The minimum Gasteiger partial charge on any atom is -0.397 e. The van der Waals surface area contributed by atoms with Crippen molar-refractivity contribution >= 4 is 17.3 Å². The largest absolute Gasteiger partial charge is 0.397 e. The summed E-state index contributed by atoms with van der Waals surface area (Å²) in [5, 5.41) is 0. The Bertz CT molecular complexity index is 473. The second-order valence-electron chi connectivity index (χ2n) is 5.39. The molecule has 1 aliphatic rings. The molecule has 4 N–H and O–H groups in total. The summed E-state index contributed by atoms with van der Waals surface area (Å²) >= 11 is 0. The fourth-order valence-corrected chi connectivity index (χ4v) is 2.73. The number of benzene rings is 1. The number of nitrogens with zero attached hydrogens (tertiary/aromatic N) is 2. The highest BCUT2D eigenvalue weighted by atomic mass is 16.1. The summed E-state index contributed by atoms with van der Waals surface area (Å²) in [6, 6.07) is 5.81. The normalized spacial score (nSPS) is 19.1. The molecule has 1 amide bonds. The third kappa shape index (κ3) is 2.98. The minimum absolute atomic E-state index is 0.440. The van der Waals surface area contributed by atoms with E-state index in [0.29, 0.717) is 17.3 Å². The lowest BCUT2D eigenvalue weighted by Crippen LogP contribution is -2.37. The van der Waals surface area contributed by atoms with Crippen LogP contribution in [0.15, 0.2) is 18.2 Å². The number of carbonyl (C=O) groups is 1. The zero-order valence-corrected chi connectivity index (χ0v) is 11.6. The van der Waals surface area contributed by atoms with Gasteiger partial charge in [-0.1, -0.05) is 0 Å². The molecule has 5 nitrogen and oxygen atoms in total. The maximum Gasteiger partial charge on any atom is 0.248 e. The molecule has 1 aromatic rings. The van der Waals surface area contributed by atoms with Gasteiger partial charge >= 0.3 is 0 Å². The van der Waals surface area contributed by atoms with Crippen LogP contribution in [-0.4, -0.2) is 44.0 Å². The highest BCUT2D eigenvalue weighted by Crippen LogP contribution is 2.31. The molecule has 5 heteroatoms. The van der Waals surface area contributed by atoms with Crippen LogP contribution in [0.4, 0.5) is 11.4 Å². The number of primary amides is 1. The number of hydrogen-bond donors (Lipinski definition) is 2. The van der Waals surface area contributed by atoms with E-state index in [2.05, 4.69) is 23.9 Å². The number of carbonyl (C=O) groups excluding carboxylic acids is 1. The first-order valence-corrected chi connectivity index (χ1v) is 6.59. The molecule has 0 saturated carbocycles. The van der Waals surface area contributed by atoms with Crippen LogP contribution in [-0.2, 0) is 0 Å². The van der Waals surface area contributed by atoms with E-state index >= 15 is 0 Å². The maximum absolute atomic E-state index is 11.1. The van der Waals surface area contributed by atoms with Gasteiger partial charge in [0, 0.05) is 24.7 Å². The number of rotatable bonds is 4. The highest BCUT2D eigenvalue weighted by molar-refractivity contribution is 5.95. The van der Waals surface area contributed by atoms with Crippen molar-refractivity contribution in [3.63, 3.8) is 0 Å². The van der Waals surface area contributed by atoms with Crippen LogP contribution in [0, 0.1) is 0 Å². The minimum atomic E-state index is -0.440. The van der Waals surface area contributed by atoms with Crippen molar-refractivity contribution in [1.82, 2.24) is 4.90 Å². The summed E-state index contributed by atoms with van der Waals surface area (Å²) in [5.41, 5.74) is 13.4. The highest BCUT2D eigenvalue weighted by Gasteiger charge is 2.26. The van der Waals surface area contributed by atoms with Gasteiger partial charge in [0.25, 0.3) is 0 Å². The molecule has 1 unspecified atom stereocenters. The Hall–Kier alpha value is -1.75. The van der Waals surface area contributed by atoms with E-state index in [1.54, 1.807) is 12.1 Å². The molecule has 104 valence electrons. The number of amides is 1. The van der Waals surface area contributed by atoms with Crippen molar-refractivity contribution in [3.8, 4) is 0 Å². The SMILES string of the molecule is CN(C)CC1CCCN1c1ccc(C(N)=O)cc1N. The quantitative estimate of drug-likeness (QED) is 0.790. The average molecular weight is 262 g/mol. The Labute approximate surface area is 114 Å². The second-order valence-corrected chi connectivity index (χ2v) is 5.39. The second kappa shape index (κ2) is 5.48. The number of likely N-dealkylation sites (N-methyl/N-ethyl adjacent to an activating group) is 1. The summed E-state index contributed by atoms with van der Waals surface area (Å²) in [4.78, 5) is 15.7. The van der Waals surface area contributed by atoms with Crippen molar-refractivity contribution in [2.45, 2.75) is 18.9 Å². The molecule has 1 aliphatic heterocycles. The van der Waals surface area contributed by atoms with Gasteiger partial charge in [0.05, 0.1) is 11.4 Å². The van der Waals surface area contributed by atoms with E-state index in [4.69, 9.17) is 11.5 Å². The molecule has 0 radical (unpaired) electrons. The van der Waals surface area contributed by atoms with Crippen LogP contribution in [0.25, 0.3) is 0 Å². The summed E-state index contributed by atoms with van der Waals surface area (Å²) in [7, 11) is 4.16. The number of hydrogen-bond acceptors (Lipinski definition) is 4. The molecule has 0 spiro atoms. The molecule has 0 bridgehead atoms. The molecule has 2 rings (SSSR count). The van der Waals surface area contributed by atoms with Gasteiger partial charge in [-0.3, -0.25) is 4.79 Å². The predicted molar refractivity (Wildman–Crippen MR) is 78.3 cm³/mol. The fourth-order valence-electron chi connectivity index (χ4n) is 2.73. The molecular formula is C14H22N4O. The summed E-state index contributed by atoms with van der Waals surface area (Å²) in [6.07, 6.45) is 2.35. The lowest BCUT2D eigenvalue weighted by Gasteiger charge is -2.30. The third-order valence-corrected chi connectivity index (χ3v) is 3.57. The van der Waals surface area contributed by atoms with E-state index in [1.807, 2.05) is 6.07 Å². The lowest BCUT2D eigenvalue weighted by atomic mass is 10.1. The Kier molecular flexibility index (Phi) is 3.95.